The Labute approximate surface area is 394 Å². The van der Waals surface area contributed by atoms with Crippen LogP contribution in [0, 0.1) is 11.8 Å². The summed E-state index contributed by atoms with van der Waals surface area (Å²) in [6, 6.07) is 13.1. The number of carbonyl (C=O) groups is 4. The van der Waals surface area contributed by atoms with Crippen molar-refractivity contribution in [1.82, 2.24) is 29.8 Å². The molecule has 0 radical (unpaired) electrons. The lowest BCUT2D eigenvalue weighted by Crippen LogP contribution is -2.56. The number of methoxy groups -OCH3 is 1. The number of allylic oxidation sites excluding steroid dienone is 1. The predicted molar refractivity (Wildman–Crippen MR) is 252 cm³/mol. The summed E-state index contributed by atoms with van der Waals surface area (Å²) in [6.45, 7) is 3.90. The van der Waals surface area contributed by atoms with Crippen molar-refractivity contribution in [3.8, 4) is 22.9 Å². The lowest BCUT2D eigenvalue weighted by Gasteiger charge is -2.35. The summed E-state index contributed by atoms with van der Waals surface area (Å²) in [7, 11) is -0.869. The molecule has 1 saturated heterocycles. The van der Waals surface area contributed by atoms with E-state index in [1.54, 1.807) is 43.5 Å². The van der Waals surface area contributed by atoms with Crippen molar-refractivity contribution >= 4 is 61.3 Å². The maximum absolute atomic E-state index is 15.0. The van der Waals surface area contributed by atoms with Crippen molar-refractivity contribution in [3.05, 3.63) is 72.1 Å². The summed E-state index contributed by atoms with van der Waals surface area (Å²) in [5.41, 5.74) is 0.205. The molecule has 2 aliphatic heterocycles. The van der Waals surface area contributed by atoms with Gasteiger partial charge in [0.1, 0.15) is 47.0 Å². The van der Waals surface area contributed by atoms with Crippen molar-refractivity contribution in [2.24, 2.45) is 11.8 Å². The molecule has 17 nitrogen and oxygen atoms in total. The average Bonchev–Trinajstić information content (AvgIpc) is 3.54. The van der Waals surface area contributed by atoms with Gasteiger partial charge in [0.2, 0.25) is 21.8 Å². The third kappa shape index (κ3) is 10.7. The van der Waals surface area contributed by atoms with E-state index in [1.807, 2.05) is 37.4 Å². The van der Waals surface area contributed by atoms with Crippen molar-refractivity contribution in [2.45, 2.75) is 119 Å². The predicted octanol–water partition coefficient (Wildman–Crippen LogP) is 6.60. The van der Waals surface area contributed by atoms with Gasteiger partial charge in [-0.3, -0.25) is 9.59 Å². The number of amides is 3. The van der Waals surface area contributed by atoms with Crippen LogP contribution in [0.3, 0.4) is 0 Å². The van der Waals surface area contributed by atoms with Crippen molar-refractivity contribution in [2.75, 3.05) is 32.6 Å². The van der Waals surface area contributed by atoms with Crippen LogP contribution in [-0.4, -0.2) is 120 Å². The molecule has 2 aromatic heterocycles. The Hall–Kier alpha value is -5.79. The number of carboxylic acids is 1. The number of fused-ring (bicyclic) bond motifs is 3. The van der Waals surface area contributed by atoms with Crippen LogP contribution < -0.4 is 25.4 Å². The number of carbonyl (C=O) groups excluding carboxylic acids is 3. The van der Waals surface area contributed by atoms with Gasteiger partial charge >= 0.3 is 12.1 Å². The summed E-state index contributed by atoms with van der Waals surface area (Å²) in [4.78, 5) is 67.3. The van der Waals surface area contributed by atoms with Gasteiger partial charge in [0.25, 0.3) is 0 Å². The Balaban J connectivity index is 1.07. The Morgan fingerprint density at radius 2 is 1.82 bits per heavy atom. The lowest BCUT2D eigenvalue weighted by molar-refractivity contribution is -0.145. The van der Waals surface area contributed by atoms with Gasteiger partial charge in [0.05, 0.1) is 36.3 Å². The van der Waals surface area contributed by atoms with E-state index in [0.29, 0.717) is 46.6 Å². The summed E-state index contributed by atoms with van der Waals surface area (Å²) < 4.78 is 46.5. The first-order valence-electron chi connectivity index (χ1n) is 23.0. The maximum Gasteiger partial charge on any atom is 0.408 e. The molecular weight excluding hydrogens is 899 g/mol. The maximum atomic E-state index is 15.0. The molecule has 4 heterocycles. The molecule has 4 N–H and O–H groups in total. The zero-order chi connectivity index (χ0) is 47.5. The highest BCUT2D eigenvalue weighted by atomic mass is 32.2. The lowest BCUT2D eigenvalue weighted by atomic mass is 9.81. The molecule has 2 aliphatic carbocycles. The standard InChI is InChI=1S/C48H59N7O10S2/c1-29(2)49-46-51-39(28-66-46)38-24-41(35-21-20-32(63-4)22-37(35)50-38)64-33-23-40-43(56)53-48(45(58)59)25-31(48)16-9-6-5-7-12-19-36(44(57)55(40)26-33)52-47(60)65-42(30-14-13-15-30)27-54(3)67(61,62)34-17-10-8-11-18-34/h8-11,16-18,20-22,24,28-31,33,36,40,42H,5-7,12-15,19,23,25-27H2,1-4H3,(H,49,51)(H,52,60)(H,53,56)(H,58,59)/b16-9-/t31?,33-,36+,40+,42-,48-/m1/s1. The minimum Gasteiger partial charge on any atom is -0.497 e. The number of anilines is 1. The topological polar surface area (TPSA) is 219 Å². The number of nitrogens with one attached hydrogen (secondary N) is 3. The fraction of sp³-hybridized carbons (Fsp3) is 0.500. The van der Waals surface area contributed by atoms with Crippen molar-refractivity contribution in [1.29, 1.82) is 0 Å². The summed E-state index contributed by atoms with van der Waals surface area (Å²) in [5, 5.41) is 22.6. The molecule has 8 rings (SSSR count). The van der Waals surface area contributed by atoms with Crippen LogP contribution in [0.15, 0.2) is 77.0 Å². The first-order valence-corrected chi connectivity index (χ1v) is 25.4. The summed E-state index contributed by atoms with van der Waals surface area (Å²) in [5.74, 6) is -1.81. The van der Waals surface area contributed by atoms with Gasteiger partial charge in [-0.2, -0.15) is 4.31 Å². The number of pyridine rings is 1. The number of nitrogens with zero attached hydrogens (tertiary/aromatic N) is 4. The Morgan fingerprint density at radius 1 is 1.03 bits per heavy atom. The number of aromatic nitrogens is 2. The van der Waals surface area contributed by atoms with E-state index in [4.69, 9.17) is 24.2 Å². The highest BCUT2D eigenvalue weighted by Gasteiger charge is 2.61. The zero-order valence-corrected chi connectivity index (χ0v) is 39.8. The molecule has 0 spiro atoms. The van der Waals surface area contributed by atoms with Crippen LogP contribution in [-0.2, 0) is 29.1 Å². The molecule has 6 atom stereocenters. The van der Waals surface area contributed by atoms with Crippen LogP contribution in [0.1, 0.15) is 78.1 Å². The number of likely N-dealkylation sites (N-methyl/N-ethyl adjacent to an activating group) is 1. The molecule has 19 heteroatoms. The molecule has 2 aromatic carbocycles. The first kappa shape index (κ1) is 47.7. The fourth-order valence-electron chi connectivity index (χ4n) is 9.09. The largest absolute Gasteiger partial charge is 0.497 e. The molecular formula is C48H59N7O10S2. The van der Waals surface area contributed by atoms with Crippen LogP contribution in [0.5, 0.6) is 11.5 Å². The highest BCUT2D eigenvalue weighted by Crippen LogP contribution is 2.46. The molecule has 3 fully saturated rings. The molecule has 1 unspecified atom stereocenters. The van der Waals surface area contributed by atoms with Gasteiger partial charge in [-0.1, -0.05) is 49.6 Å². The van der Waals surface area contributed by atoms with E-state index in [1.165, 1.54) is 39.7 Å². The number of alkyl carbamates (subject to hydrolysis) is 1. The van der Waals surface area contributed by atoms with Gasteiger partial charge in [0, 0.05) is 48.3 Å². The molecule has 358 valence electrons. The quantitative estimate of drug-likeness (QED) is 0.0981. The second-order valence-electron chi connectivity index (χ2n) is 18.3. The summed E-state index contributed by atoms with van der Waals surface area (Å²) in [6.07, 6.45) is 6.98. The van der Waals surface area contributed by atoms with E-state index in [0.717, 1.165) is 37.2 Å². The van der Waals surface area contributed by atoms with Gasteiger partial charge in [-0.15, -0.1) is 11.3 Å². The molecule has 3 amide bonds. The number of hydrogen-bond acceptors (Lipinski definition) is 13. The molecule has 2 saturated carbocycles. The summed E-state index contributed by atoms with van der Waals surface area (Å²) >= 11 is 1.45. The van der Waals surface area contributed by atoms with E-state index in [9.17, 15) is 32.7 Å². The minimum absolute atomic E-state index is 0.0192. The minimum atomic E-state index is -3.89. The van der Waals surface area contributed by atoms with Crippen LogP contribution in [0.2, 0.25) is 0 Å². The number of thiazole rings is 1. The zero-order valence-electron chi connectivity index (χ0n) is 38.2. The molecule has 4 aliphatic rings. The monoisotopic (exact) mass is 957 g/mol. The van der Waals surface area contributed by atoms with Gasteiger partial charge in [-0.25, -0.2) is 28.0 Å². The van der Waals surface area contributed by atoms with Gasteiger partial charge < -0.3 is 40.2 Å². The Morgan fingerprint density at radius 3 is 2.54 bits per heavy atom. The van der Waals surface area contributed by atoms with Crippen LogP contribution >= 0.6 is 11.3 Å². The number of sulfonamides is 1. The van der Waals surface area contributed by atoms with E-state index < -0.39 is 69.6 Å². The number of carboxylic acid groups (broad SMARTS) is 1. The number of benzene rings is 2. The number of hydrogen-bond donors (Lipinski definition) is 4. The highest BCUT2D eigenvalue weighted by molar-refractivity contribution is 7.89. The SMILES string of the molecule is COc1ccc2c(O[C@@H]3C[C@H]4C(=O)N[C@]5(C(=O)O)CC5/C=C\CCCCC[C@H](NC(=O)O[C@H](CN(C)S(=O)(=O)c5ccccc5)C5CCC5)C(=O)N4C3)cc(-c3csc(NC(C)C)n3)nc2c1. The van der Waals surface area contributed by atoms with Crippen molar-refractivity contribution < 1.29 is 46.9 Å². The second kappa shape index (κ2) is 20.2. The number of aliphatic carboxylic acids is 1. The number of ether oxygens (including phenoxy) is 3. The normalized spacial score (nSPS) is 24.6. The Kier molecular flexibility index (Phi) is 14.4. The van der Waals surface area contributed by atoms with Gasteiger partial charge in [-0.05, 0) is 82.6 Å². The van der Waals surface area contributed by atoms with E-state index in [2.05, 4.69) is 16.0 Å². The molecule has 4 aromatic rings. The van der Waals surface area contributed by atoms with E-state index in [-0.39, 0.29) is 49.2 Å². The molecule has 67 heavy (non-hydrogen) atoms. The second-order valence-corrected chi connectivity index (χ2v) is 21.2. The fourth-order valence-corrected chi connectivity index (χ4v) is 11.2. The van der Waals surface area contributed by atoms with Crippen molar-refractivity contribution in [3.63, 3.8) is 0 Å². The smallest absolute Gasteiger partial charge is 0.408 e. The number of rotatable bonds is 14. The average molecular weight is 958 g/mol. The van der Waals surface area contributed by atoms with Gasteiger partial charge in [0.15, 0.2) is 5.13 Å². The third-order valence-corrected chi connectivity index (χ3v) is 15.8. The van der Waals surface area contributed by atoms with Crippen LogP contribution in [0.4, 0.5) is 9.93 Å². The Bertz CT molecular complexity index is 2610. The molecule has 0 bridgehead atoms. The van der Waals surface area contributed by atoms with Crippen LogP contribution in [0.25, 0.3) is 22.3 Å². The first-order chi connectivity index (χ1) is 32.1. The van der Waals surface area contributed by atoms with E-state index >= 15 is 0 Å². The third-order valence-electron chi connectivity index (χ3n) is 13.2.